The van der Waals surface area contributed by atoms with Crippen molar-refractivity contribution in [3.63, 3.8) is 0 Å². The molecule has 13 heavy (non-hydrogen) atoms. The number of allylic oxidation sites excluding steroid dienone is 8. The van der Waals surface area contributed by atoms with Crippen molar-refractivity contribution in [2.45, 2.75) is 0 Å². The van der Waals surface area contributed by atoms with Crippen LogP contribution in [0.25, 0.3) is 0 Å². The molecule has 0 saturated carbocycles. The van der Waals surface area contributed by atoms with E-state index in [4.69, 9.17) is 0 Å². The van der Waals surface area contributed by atoms with Gasteiger partial charge in [-0.25, -0.2) is 0 Å². The summed E-state index contributed by atoms with van der Waals surface area (Å²) in [6.45, 7) is 3.76. The topological polar surface area (TPSA) is 20.2 Å². The normalized spacial score (nSPS) is 30.5. The van der Waals surface area contributed by atoms with Crippen molar-refractivity contribution < 1.29 is 5.11 Å². The van der Waals surface area contributed by atoms with Crippen LogP contribution in [0.5, 0.6) is 0 Å². The molecule has 2 aliphatic rings. The highest BCUT2D eigenvalue weighted by Gasteiger charge is 2.26. The molecule has 1 heteroatoms. The number of rotatable bonds is 1. The summed E-state index contributed by atoms with van der Waals surface area (Å²) in [6.07, 6.45) is 13.6. The van der Waals surface area contributed by atoms with Gasteiger partial charge in [-0.1, -0.05) is 43.0 Å². The molecule has 1 N–H and O–H groups in total. The molecule has 2 aliphatic carbocycles. The van der Waals surface area contributed by atoms with E-state index in [0.29, 0.717) is 5.76 Å². The third-order valence-corrected chi connectivity index (χ3v) is 2.54. The molecule has 0 heterocycles. The molecule has 0 saturated heterocycles. The van der Waals surface area contributed by atoms with Gasteiger partial charge in [-0.15, -0.1) is 0 Å². The van der Waals surface area contributed by atoms with Crippen molar-refractivity contribution in [2.75, 3.05) is 0 Å². The molecule has 0 fully saturated rings. The minimum atomic E-state index is 0.114. The van der Waals surface area contributed by atoms with Crippen LogP contribution in [-0.2, 0) is 0 Å². The standard InChI is InChI=1S/C12H12O/c1-2-9-5-3-7-11-10(9)6-4-8-12(11)13/h2-8,10-11,13H,1H2. The lowest BCUT2D eigenvalue weighted by Crippen LogP contribution is -2.18. The van der Waals surface area contributed by atoms with Crippen molar-refractivity contribution >= 4 is 0 Å². The highest BCUT2D eigenvalue weighted by atomic mass is 16.3. The van der Waals surface area contributed by atoms with Gasteiger partial charge >= 0.3 is 0 Å². The fraction of sp³-hybridized carbons (Fsp3) is 0.167. The van der Waals surface area contributed by atoms with E-state index in [-0.39, 0.29) is 11.8 Å². The van der Waals surface area contributed by atoms with Crippen LogP contribution >= 0.6 is 0 Å². The quantitative estimate of drug-likeness (QED) is 0.644. The molecular weight excluding hydrogens is 160 g/mol. The van der Waals surface area contributed by atoms with Crippen LogP contribution in [0.3, 0.4) is 0 Å². The molecule has 0 aromatic heterocycles. The van der Waals surface area contributed by atoms with Crippen LogP contribution in [0.15, 0.2) is 60.4 Å². The Morgan fingerprint density at radius 3 is 2.62 bits per heavy atom. The first kappa shape index (κ1) is 8.11. The maximum absolute atomic E-state index is 9.61. The lowest BCUT2D eigenvalue weighted by molar-refractivity contribution is 0.331. The van der Waals surface area contributed by atoms with E-state index in [9.17, 15) is 5.11 Å². The summed E-state index contributed by atoms with van der Waals surface area (Å²) in [5, 5.41) is 9.61. The van der Waals surface area contributed by atoms with Crippen LogP contribution < -0.4 is 0 Å². The molecule has 0 aliphatic heterocycles. The molecule has 0 amide bonds. The minimum absolute atomic E-state index is 0.114. The number of aliphatic hydroxyl groups excluding tert-OH is 1. The Morgan fingerprint density at radius 2 is 1.85 bits per heavy atom. The first-order valence-electron chi connectivity index (χ1n) is 4.41. The van der Waals surface area contributed by atoms with Crippen molar-refractivity contribution in [1.82, 2.24) is 0 Å². The Bertz CT molecular complexity index is 342. The van der Waals surface area contributed by atoms with Gasteiger partial charge in [0.05, 0.1) is 5.76 Å². The van der Waals surface area contributed by atoms with Gasteiger partial charge < -0.3 is 5.11 Å². The summed E-state index contributed by atoms with van der Waals surface area (Å²) in [5.74, 6) is 0.826. The highest BCUT2D eigenvalue weighted by Crippen LogP contribution is 2.34. The van der Waals surface area contributed by atoms with E-state index >= 15 is 0 Å². The SMILES string of the molecule is C=CC1=CC=CC2C(O)=CC=CC12. The molecule has 0 bridgehead atoms. The average Bonchev–Trinajstić information content (AvgIpc) is 2.18. The molecule has 0 aromatic rings. The summed E-state index contributed by atoms with van der Waals surface area (Å²) >= 11 is 0. The van der Waals surface area contributed by atoms with E-state index < -0.39 is 0 Å². The van der Waals surface area contributed by atoms with Crippen LogP contribution in [0, 0.1) is 11.8 Å². The Morgan fingerprint density at radius 1 is 1.15 bits per heavy atom. The molecule has 2 atom stereocenters. The summed E-state index contributed by atoms with van der Waals surface area (Å²) in [6, 6.07) is 0. The van der Waals surface area contributed by atoms with Crippen molar-refractivity contribution in [3.8, 4) is 0 Å². The molecule has 66 valence electrons. The number of aliphatic hydroxyl groups is 1. The van der Waals surface area contributed by atoms with Gasteiger partial charge in [-0.2, -0.15) is 0 Å². The van der Waals surface area contributed by atoms with Crippen molar-refractivity contribution in [1.29, 1.82) is 0 Å². The Balaban J connectivity index is 2.37. The van der Waals surface area contributed by atoms with Gasteiger partial charge in [-0.3, -0.25) is 0 Å². The van der Waals surface area contributed by atoms with Crippen molar-refractivity contribution in [3.05, 3.63) is 60.4 Å². The largest absolute Gasteiger partial charge is 0.512 e. The van der Waals surface area contributed by atoms with Crippen LogP contribution in [0.1, 0.15) is 0 Å². The molecule has 2 unspecified atom stereocenters. The minimum Gasteiger partial charge on any atom is -0.512 e. The van der Waals surface area contributed by atoms with Crippen LogP contribution in [-0.4, -0.2) is 5.11 Å². The summed E-state index contributed by atoms with van der Waals surface area (Å²) in [5.41, 5.74) is 1.17. The Labute approximate surface area is 78.1 Å². The van der Waals surface area contributed by atoms with E-state index in [0.717, 1.165) is 0 Å². The number of fused-ring (bicyclic) bond motifs is 1. The van der Waals surface area contributed by atoms with E-state index in [1.165, 1.54) is 5.57 Å². The zero-order valence-electron chi connectivity index (χ0n) is 7.35. The fourth-order valence-electron chi connectivity index (χ4n) is 1.83. The maximum Gasteiger partial charge on any atom is 0.1000 e. The number of hydrogen-bond acceptors (Lipinski definition) is 1. The molecule has 1 nitrogen and oxygen atoms in total. The second kappa shape index (κ2) is 3.09. The van der Waals surface area contributed by atoms with Crippen molar-refractivity contribution in [2.24, 2.45) is 11.8 Å². The molecule has 2 rings (SSSR count). The first-order chi connectivity index (χ1) is 6.33. The summed E-state index contributed by atoms with van der Waals surface area (Å²) in [4.78, 5) is 0. The smallest absolute Gasteiger partial charge is 0.1000 e. The summed E-state index contributed by atoms with van der Waals surface area (Å²) < 4.78 is 0. The highest BCUT2D eigenvalue weighted by molar-refractivity contribution is 5.39. The van der Waals surface area contributed by atoms with Crippen LogP contribution in [0.2, 0.25) is 0 Å². The zero-order chi connectivity index (χ0) is 9.26. The predicted molar refractivity (Wildman–Crippen MR) is 54.3 cm³/mol. The van der Waals surface area contributed by atoms with E-state index in [2.05, 4.69) is 12.7 Å². The van der Waals surface area contributed by atoms with Gasteiger partial charge in [0.1, 0.15) is 0 Å². The van der Waals surface area contributed by atoms with Crippen LogP contribution in [0.4, 0.5) is 0 Å². The van der Waals surface area contributed by atoms with E-state index in [1.807, 2.05) is 30.4 Å². The lowest BCUT2D eigenvalue weighted by Gasteiger charge is -2.27. The van der Waals surface area contributed by atoms with Gasteiger partial charge in [-0.05, 0) is 11.6 Å². The third kappa shape index (κ3) is 1.26. The summed E-state index contributed by atoms with van der Waals surface area (Å²) in [7, 11) is 0. The van der Waals surface area contributed by atoms with Gasteiger partial charge in [0.15, 0.2) is 0 Å². The first-order valence-corrected chi connectivity index (χ1v) is 4.41. The van der Waals surface area contributed by atoms with Gasteiger partial charge in [0.25, 0.3) is 0 Å². The fourth-order valence-corrected chi connectivity index (χ4v) is 1.83. The maximum atomic E-state index is 9.61. The Hall–Kier alpha value is -1.50. The second-order valence-corrected chi connectivity index (χ2v) is 3.28. The molecule has 0 aromatic carbocycles. The molecule has 0 spiro atoms. The van der Waals surface area contributed by atoms with Gasteiger partial charge in [0.2, 0.25) is 0 Å². The number of hydrogen-bond donors (Lipinski definition) is 1. The van der Waals surface area contributed by atoms with Gasteiger partial charge in [0, 0.05) is 11.8 Å². The lowest BCUT2D eigenvalue weighted by atomic mass is 9.78. The average molecular weight is 172 g/mol. The predicted octanol–water partition coefficient (Wildman–Crippen LogP) is 2.91. The zero-order valence-corrected chi connectivity index (χ0v) is 7.35. The molecular formula is C12H12O. The molecule has 0 radical (unpaired) electrons. The monoisotopic (exact) mass is 172 g/mol. The second-order valence-electron chi connectivity index (χ2n) is 3.28. The Kier molecular flexibility index (Phi) is 1.93. The third-order valence-electron chi connectivity index (χ3n) is 2.54. The van der Waals surface area contributed by atoms with E-state index in [1.54, 1.807) is 6.08 Å².